The van der Waals surface area contributed by atoms with Crippen molar-refractivity contribution in [2.24, 2.45) is 0 Å². The van der Waals surface area contributed by atoms with Gasteiger partial charge in [0.25, 0.3) is 0 Å². The van der Waals surface area contributed by atoms with E-state index in [9.17, 15) is 9.18 Å². The number of fused-ring (bicyclic) bond motifs is 1. The molecule has 1 aliphatic rings. The lowest BCUT2D eigenvalue weighted by Gasteiger charge is -2.18. The van der Waals surface area contributed by atoms with Gasteiger partial charge in [0, 0.05) is 24.2 Å². The van der Waals surface area contributed by atoms with Crippen molar-refractivity contribution < 1.29 is 9.18 Å². The summed E-state index contributed by atoms with van der Waals surface area (Å²) < 4.78 is 13.4. The van der Waals surface area contributed by atoms with E-state index in [0.29, 0.717) is 11.1 Å². The van der Waals surface area contributed by atoms with Gasteiger partial charge < -0.3 is 5.32 Å². The molecule has 0 radical (unpaired) electrons. The Morgan fingerprint density at radius 2 is 2.10 bits per heavy atom. The second-order valence-corrected chi connectivity index (χ2v) is 5.66. The van der Waals surface area contributed by atoms with Crippen LogP contribution in [0.3, 0.4) is 0 Å². The highest BCUT2D eigenvalue weighted by Crippen LogP contribution is 2.24. The van der Waals surface area contributed by atoms with Crippen molar-refractivity contribution in [3.05, 3.63) is 63.9 Å². The number of anilines is 1. The van der Waals surface area contributed by atoms with Crippen molar-refractivity contribution in [2.75, 3.05) is 11.9 Å². The highest BCUT2D eigenvalue weighted by atomic mass is 35.5. The maximum atomic E-state index is 13.4. The molecule has 1 heterocycles. The third-order valence-corrected chi connectivity index (χ3v) is 4.02. The molecule has 21 heavy (non-hydrogen) atoms. The van der Waals surface area contributed by atoms with Crippen LogP contribution < -0.4 is 5.32 Å². The molecule has 3 rings (SSSR count). The first-order valence-corrected chi connectivity index (χ1v) is 7.35. The van der Waals surface area contributed by atoms with E-state index in [1.165, 1.54) is 17.7 Å². The summed E-state index contributed by atoms with van der Waals surface area (Å²) in [6, 6.07) is 10.2. The summed E-state index contributed by atoms with van der Waals surface area (Å²) in [6.45, 7) is 0.977. The van der Waals surface area contributed by atoms with Crippen molar-refractivity contribution in [1.82, 2.24) is 0 Å². The largest absolute Gasteiger partial charge is 0.385 e. The Morgan fingerprint density at radius 1 is 1.24 bits per heavy atom. The van der Waals surface area contributed by atoms with Gasteiger partial charge in [-0.3, -0.25) is 4.79 Å². The highest BCUT2D eigenvalue weighted by Gasteiger charge is 2.13. The third kappa shape index (κ3) is 3.08. The summed E-state index contributed by atoms with van der Waals surface area (Å²) in [5, 5.41) is 3.39. The number of hydrogen-bond donors (Lipinski definition) is 1. The Labute approximate surface area is 127 Å². The predicted octanol–water partition coefficient (Wildman–Crippen LogP) is 4.26. The van der Waals surface area contributed by atoms with Gasteiger partial charge in [-0.2, -0.15) is 0 Å². The zero-order valence-electron chi connectivity index (χ0n) is 11.5. The molecule has 0 unspecified atom stereocenters. The standard InChI is InChI=1S/C17H15ClFNO/c18-14-5-3-11(8-15(14)19)9-17(21)13-4-6-16-12(10-13)2-1-7-20-16/h3-6,8,10,20H,1-2,7,9H2. The van der Waals surface area contributed by atoms with E-state index in [2.05, 4.69) is 5.32 Å². The molecule has 2 nitrogen and oxygen atoms in total. The molecule has 0 bridgehead atoms. The molecule has 0 saturated heterocycles. The average Bonchev–Trinajstić information content (AvgIpc) is 2.50. The van der Waals surface area contributed by atoms with E-state index in [0.717, 1.165) is 25.1 Å². The summed E-state index contributed by atoms with van der Waals surface area (Å²) in [6.07, 6.45) is 2.24. The van der Waals surface area contributed by atoms with Gasteiger partial charge in [-0.25, -0.2) is 4.39 Å². The van der Waals surface area contributed by atoms with Gasteiger partial charge in [0.05, 0.1) is 5.02 Å². The van der Waals surface area contributed by atoms with E-state index in [4.69, 9.17) is 11.6 Å². The molecule has 2 aromatic carbocycles. The lowest BCUT2D eigenvalue weighted by Crippen LogP contribution is -2.13. The quantitative estimate of drug-likeness (QED) is 0.858. The second-order valence-electron chi connectivity index (χ2n) is 5.25. The molecule has 0 saturated carbocycles. The molecule has 4 heteroatoms. The van der Waals surface area contributed by atoms with Gasteiger partial charge in [-0.15, -0.1) is 0 Å². The van der Waals surface area contributed by atoms with E-state index in [1.54, 1.807) is 6.07 Å². The molecular weight excluding hydrogens is 289 g/mol. The van der Waals surface area contributed by atoms with Crippen molar-refractivity contribution in [1.29, 1.82) is 0 Å². The fourth-order valence-corrected chi connectivity index (χ4v) is 2.70. The molecule has 108 valence electrons. The van der Waals surface area contributed by atoms with Crippen LogP contribution in [0.1, 0.15) is 27.9 Å². The van der Waals surface area contributed by atoms with E-state index < -0.39 is 5.82 Å². The lowest BCUT2D eigenvalue weighted by molar-refractivity contribution is 0.0993. The van der Waals surface area contributed by atoms with Crippen LogP contribution in [0.2, 0.25) is 5.02 Å². The number of halogens is 2. The SMILES string of the molecule is O=C(Cc1ccc(Cl)c(F)c1)c1ccc2c(c1)CCCN2. The van der Waals surface area contributed by atoms with Crippen LogP contribution in [0.5, 0.6) is 0 Å². The normalized spacial score (nSPS) is 13.4. The van der Waals surface area contributed by atoms with Crippen LogP contribution in [-0.4, -0.2) is 12.3 Å². The minimum absolute atomic E-state index is 0.00917. The third-order valence-electron chi connectivity index (χ3n) is 3.71. The topological polar surface area (TPSA) is 29.1 Å². The number of hydrogen-bond acceptors (Lipinski definition) is 2. The molecule has 0 aromatic heterocycles. The van der Waals surface area contributed by atoms with Gasteiger partial charge in [-0.05, 0) is 54.3 Å². The zero-order chi connectivity index (χ0) is 14.8. The number of rotatable bonds is 3. The van der Waals surface area contributed by atoms with Crippen molar-refractivity contribution in [2.45, 2.75) is 19.3 Å². The van der Waals surface area contributed by atoms with E-state index in [1.807, 2.05) is 18.2 Å². The van der Waals surface area contributed by atoms with Gasteiger partial charge in [-0.1, -0.05) is 17.7 Å². The Bertz CT molecular complexity index is 699. The van der Waals surface area contributed by atoms with Crippen LogP contribution >= 0.6 is 11.6 Å². The molecule has 0 fully saturated rings. The van der Waals surface area contributed by atoms with Gasteiger partial charge in [0.2, 0.25) is 0 Å². The summed E-state index contributed by atoms with van der Waals surface area (Å²) in [4.78, 5) is 12.3. The Morgan fingerprint density at radius 3 is 2.90 bits per heavy atom. The number of nitrogens with one attached hydrogen (secondary N) is 1. The Balaban J connectivity index is 1.80. The lowest BCUT2D eigenvalue weighted by atomic mass is 9.97. The molecule has 2 aromatic rings. The minimum Gasteiger partial charge on any atom is -0.385 e. The first-order chi connectivity index (χ1) is 10.1. The molecule has 1 aliphatic heterocycles. The fraction of sp³-hybridized carbons (Fsp3) is 0.235. The second kappa shape index (κ2) is 5.86. The number of carbonyl (C=O) groups excluding carboxylic acids is 1. The number of carbonyl (C=O) groups is 1. The van der Waals surface area contributed by atoms with Crippen LogP contribution in [0.25, 0.3) is 0 Å². The molecule has 1 N–H and O–H groups in total. The van der Waals surface area contributed by atoms with Gasteiger partial charge in [0.1, 0.15) is 5.82 Å². The number of Topliss-reactive ketones (excluding diaryl/α,β-unsaturated/α-hetero) is 1. The van der Waals surface area contributed by atoms with E-state index in [-0.39, 0.29) is 17.2 Å². The van der Waals surface area contributed by atoms with Crippen molar-refractivity contribution in [3.63, 3.8) is 0 Å². The van der Waals surface area contributed by atoms with Crippen molar-refractivity contribution in [3.8, 4) is 0 Å². The van der Waals surface area contributed by atoms with Crippen molar-refractivity contribution >= 4 is 23.1 Å². The van der Waals surface area contributed by atoms with Crippen LogP contribution in [0, 0.1) is 5.82 Å². The molecule has 0 aliphatic carbocycles. The summed E-state index contributed by atoms with van der Waals surface area (Å²) in [5.41, 5.74) is 3.59. The highest BCUT2D eigenvalue weighted by molar-refractivity contribution is 6.30. The Hall–Kier alpha value is -1.87. The minimum atomic E-state index is -0.489. The number of aryl methyl sites for hydroxylation is 1. The first kappa shape index (κ1) is 14.1. The van der Waals surface area contributed by atoms with Gasteiger partial charge >= 0.3 is 0 Å². The maximum Gasteiger partial charge on any atom is 0.167 e. The molecule has 0 spiro atoms. The monoisotopic (exact) mass is 303 g/mol. The summed E-state index contributed by atoms with van der Waals surface area (Å²) in [5.74, 6) is -0.498. The molecule has 0 atom stereocenters. The first-order valence-electron chi connectivity index (χ1n) is 6.97. The smallest absolute Gasteiger partial charge is 0.167 e. The van der Waals surface area contributed by atoms with E-state index >= 15 is 0 Å². The number of benzene rings is 2. The maximum absolute atomic E-state index is 13.4. The fourth-order valence-electron chi connectivity index (χ4n) is 2.59. The average molecular weight is 304 g/mol. The summed E-state index contributed by atoms with van der Waals surface area (Å²) in [7, 11) is 0. The predicted molar refractivity (Wildman–Crippen MR) is 82.7 cm³/mol. The zero-order valence-corrected chi connectivity index (χ0v) is 12.2. The molecule has 0 amide bonds. The molecular formula is C17H15ClFNO. The summed E-state index contributed by atoms with van der Waals surface area (Å²) >= 11 is 5.65. The van der Waals surface area contributed by atoms with Crippen LogP contribution in [-0.2, 0) is 12.8 Å². The number of ketones is 1. The van der Waals surface area contributed by atoms with Crippen LogP contribution in [0.15, 0.2) is 36.4 Å². The Kier molecular flexibility index (Phi) is 3.93. The van der Waals surface area contributed by atoms with Gasteiger partial charge in [0.15, 0.2) is 5.78 Å². The van der Waals surface area contributed by atoms with Crippen LogP contribution in [0.4, 0.5) is 10.1 Å².